The molecule has 0 bridgehead atoms. The Hall–Kier alpha value is -2.38. The maximum Gasteiger partial charge on any atom is 0.241 e. The highest BCUT2D eigenvalue weighted by molar-refractivity contribution is 7.89. The zero-order valence-electron chi connectivity index (χ0n) is 15.8. The third-order valence-electron chi connectivity index (χ3n) is 4.19. The largest absolute Gasteiger partial charge is 0.497 e. The summed E-state index contributed by atoms with van der Waals surface area (Å²) in [6.07, 6.45) is 1.61. The number of hydrogen-bond acceptors (Lipinski definition) is 4. The van der Waals surface area contributed by atoms with Crippen LogP contribution >= 0.6 is 0 Å². The molecule has 2 N–H and O–H groups in total. The van der Waals surface area contributed by atoms with E-state index in [9.17, 15) is 13.2 Å². The van der Waals surface area contributed by atoms with E-state index in [-0.39, 0.29) is 16.8 Å². The Kier molecular flexibility index (Phi) is 7.38. The van der Waals surface area contributed by atoms with Crippen molar-refractivity contribution in [1.82, 2.24) is 10.0 Å². The number of nitrogens with one attached hydrogen (secondary N) is 2. The molecule has 0 aliphatic heterocycles. The molecule has 0 aliphatic carbocycles. The fourth-order valence-electron chi connectivity index (χ4n) is 2.58. The van der Waals surface area contributed by atoms with Crippen molar-refractivity contribution in [2.45, 2.75) is 43.7 Å². The third kappa shape index (κ3) is 6.37. The van der Waals surface area contributed by atoms with Crippen LogP contribution in [0.25, 0.3) is 0 Å². The molecule has 146 valence electrons. The van der Waals surface area contributed by atoms with Crippen LogP contribution in [0.3, 0.4) is 0 Å². The van der Waals surface area contributed by atoms with E-state index in [1.165, 1.54) is 31.7 Å². The first-order valence-corrected chi connectivity index (χ1v) is 10.3. The summed E-state index contributed by atoms with van der Waals surface area (Å²) in [6, 6.07) is 15.1. The Labute approximate surface area is 161 Å². The van der Waals surface area contributed by atoms with Gasteiger partial charge in [0.25, 0.3) is 0 Å². The van der Waals surface area contributed by atoms with Crippen molar-refractivity contribution >= 4 is 15.9 Å². The molecule has 0 aliphatic rings. The van der Waals surface area contributed by atoms with Gasteiger partial charge >= 0.3 is 0 Å². The number of sulfonamides is 1. The Balaban J connectivity index is 1.87. The standard InChI is InChI=1S/C20H26N2O4S/c1-15(9-10-17-7-5-4-6-8-17)21-20(23)16(2)22-27(24,25)19-13-11-18(26-3)12-14-19/h4-8,11-16,22H,9-10H2,1-3H3,(H,21,23)/t15-,16-/m1/s1. The molecule has 0 spiro atoms. The lowest BCUT2D eigenvalue weighted by Gasteiger charge is -2.18. The summed E-state index contributed by atoms with van der Waals surface area (Å²) in [5.41, 5.74) is 1.20. The molecule has 0 radical (unpaired) electrons. The topological polar surface area (TPSA) is 84.5 Å². The molecule has 2 atom stereocenters. The summed E-state index contributed by atoms with van der Waals surface area (Å²) in [6.45, 7) is 3.44. The van der Waals surface area contributed by atoms with Gasteiger partial charge in [0.15, 0.2) is 0 Å². The first-order valence-electron chi connectivity index (χ1n) is 8.82. The van der Waals surface area contributed by atoms with Crippen molar-refractivity contribution in [2.24, 2.45) is 0 Å². The number of amides is 1. The van der Waals surface area contributed by atoms with Crippen LogP contribution in [-0.2, 0) is 21.2 Å². The fraction of sp³-hybridized carbons (Fsp3) is 0.350. The maximum absolute atomic E-state index is 12.4. The van der Waals surface area contributed by atoms with Gasteiger partial charge in [-0.15, -0.1) is 0 Å². The number of carbonyl (C=O) groups excluding carboxylic acids is 1. The normalized spacial score (nSPS) is 13.6. The van der Waals surface area contributed by atoms with E-state index >= 15 is 0 Å². The lowest BCUT2D eigenvalue weighted by molar-refractivity contribution is -0.123. The highest BCUT2D eigenvalue weighted by Gasteiger charge is 2.23. The van der Waals surface area contributed by atoms with Crippen molar-refractivity contribution in [3.8, 4) is 5.75 Å². The highest BCUT2D eigenvalue weighted by atomic mass is 32.2. The van der Waals surface area contributed by atoms with Gasteiger partial charge in [-0.1, -0.05) is 30.3 Å². The van der Waals surface area contributed by atoms with Gasteiger partial charge in [-0.3, -0.25) is 4.79 Å². The second-order valence-corrected chi connectivity index (χ2v) is 8.17. The molecule has 27 heavy (non-hydrogen) atoms. The SMILES string of the molecule is COc1ccc(S(=O)(=O)N[C@H](C)C(=O)N[C@H](C)CCc2ccccc2)cc1. The quantitative estimate of drug-likeness (QED) is 0.689. The van der Waals surface area contributed by atoms with E-state index in [1.54, 1.807) is 12.1 Å². The number of rotatable bonds is 9. The molecule has 0 unspecified atom stereocenters. The van der Waals surface area contributed by atoms with Crippen LogP contribution in [0, 0.1) is 0 Å². The first kappa shape index (κ1) is 20.9. The van der Waals surface area contributed by atoms with E-state index < -0.39 is 16.1 Å². The third-order valence-corrected chi connectivity index (χ3v) is 5.75. The van der Waals surface area contributed by atoms with E-state index in [2.05, 4.69) is 10.0 Å². The minimum Gasteiger partial charge on any atom is -0.497 e. The first-order chi connectivity index (χ1) is 12.8. The minimum absolute atomic E-state index is 0.0642. The molecule has 0 heterocycles. The van der Waals surface area contributed by atoms with E-state index in [0.29, 0.717) is 5.75 Å². The Morgan fingerprint density at radius 2 is 1.67 bits per heavy atom. The van der Waals surface area contributed by atoms with Crippen molar-refractivity contribution in [3.05, 3.63) is 60.2 Å². The number of ether oxygens (including phenoxy) is 1. The van der Waals surface area contributed by atoms with Gasteiger partial charge in [-0.2, -0.15) is 4.72 Å². The zero-order valence-corrected chi connectivity index (χ0v) is 16.6. The summed E-state index contributed by atoms with van der Waals surface area (Å²) in [4.78, 5) is 12.4. The molecule has 0 fully saturated rings. The van der Waals surface area contributed by atoms with Crippen molar-refractivity contribution < 1.29 is 17.9 Å². The van der Waals surface area contributed by atoms with Crippen molar-refractivity contribution in [2.75, 3.05) is 7.11 Å². The van der Waals surface area contributed by atoms with Crippen molar-refractivity contribution in [3.63, 3.8) is 0 Å². The molecule has 2 aromatic rings. The van der Waals surface area contributed by atoms with Crippen LogP contribution in [0.15, 0.2) is 59.5 Å². The zero-order chi connectivity index (χ0) is 19.9. The minimum atomic E-state index is -3.79. The van der Waals surface area contributed by atoms with E-state index in [0.717, 1.165) is 12.8 Å². The van der Waals surface area contributed by atoms with Crippen LogP contribution < -0.4 is 14.8 Å². The van der Waals surface area contributed by atoms with Gasteiger partial charge in [0.05, 0.1) is 18.0 Å². The van der Waals surface area contributed by atoms with Gasteiger partial charge in [-0.25, -0.2) is 8.42 Å². The average Bonchev–Trinajstić information content (AvgIpc) is 2.67. The van der Waals surface area contributed by atoms with Crippen LogP contribution in [0.2, 0.25) is 0 Å². The fourth-order valence-corrected chi connectivity index (χ4v) is 3.78. The predicted octanol–water partition coefficient (Wildman–Crippen LogP) is 2.50. The van der Waals surface area contributed by atoms with E-state index in [1.807, 2.05) is 37.3 Å². The summed E-state index contributed by atoms with van der Waals surface area (Å²) in [5.74, 6) is 0.208. The van der Waals surface area contributed by atoms with Crippen molar-refractivity contribution in [1.29, 1.82) is 0 Å². The lowest BCUT2D eigenvalue weighted by Crippen LogP contribution is -2.47. The smallest absolute Gasteiger partial charge is 0.241 e. The summed E-state index contributed by atoms with van der Waals surface area (Å²) in [5, 5.41) is 2.86. The number of aryl methyl sites for hydroxylation is 1. The second kappa shape index (κ2) is 9.53. The van der Waals surface area contributed by atoms with Crippen LogP contribution in [0.4, 0.5) is 0 Å². The molecular weight excluding hydrogens is 364 g/mol. The molecule has 0 saturated heterocycles. The molecule has 6 nitrogen and oxygen atoms in total. The van der Waals surface area contributed by atoms with Gasteiger partial charge in [0.2, 0.25) is 15.9 Å². The molecule has 0 aromatic heterocycles. The molecule has 2 aromatic carbocycles. The molecule has 2 rings (SSSR count). The Bertz CT molecular complexity index is 836. The van der Waals surface area contributed by atoms with Crippen LogP contribution in [0.1, 0.15) is 25.8 Å². The predicted molar refractivity (Wildman–Crippen MR) is 105 cm³/mol. The number of carbonyl (C=O) groups is 1. The number of hydrogen-bond donors (Lipinski definition) is 2. The molecule has 1 amide bonds. The van der Waals surface area contributed by atoms with E-state index in [4.69, 9.17) is 4.74 Å². The summed E-state index contributed by atoms with van der Waals surface area (Å²) in [7, 11) is -2.28. The lowest BCUT2D eigenvalue weighted by atomic mass is 10.1. The summed E-state index contributed by atoms with van der Waals surface area (Å²) >= 11 is 0. The molecule has 7 heteroatoms. The van der Waals surface area contributed by atoms with Gasteiger partial charge in [-0.05, 0) is 56.5 Å². The Morgan fingerprint density at radius 1 is 1.04 bits per heavy atom. The monoisotopic (exact) mass is 390 g/mol. The van der Waals surface area contributed by atoms with Crippen LogP contribution in [-0.4, -0.2) is 33.5 Å². The van der Waals surface area contributed by atoms with Crippen LogP contribution in [0.5, 0.6) is 5.75 Å². The molecule has 0 saturated carbocycles. The van der Waals surface area contributed by atoms with Gasteiger partial charge in [0.1, 0.15) is 5.75 Å². The number of benzene rings is 2. The number of methoxy groups -OCH3 is 1. The Morgan fingerprint density at radius 3 is 2.26 bits per heavy atom. The van der Waals surface area contributed by atoms with Gasteiger partial charge in [0, 0.05) is 6.04 Å². The highest BCUT2D eigenvalue weighted by Crippen LogP contribution is 2.15. The van der Waals surface area contributed by atoms with Gasteiger partial charge < -0.3 is 10.1 Å². The molecular formula is C20H26N2O4S. The summed E-state index contributed by atoms with van der Waals surface area (Å²) < 4.78 is 32.3. The average molecular weight is 391 g/mol. The second-order valence-electron chi connectivity index (χ2n) is 6.45. The maximum atomic E-state index is 12.4.